The summed E-state index contributed by atoms with van der Waals surface area (Å²) >= 11 is 0. The van der Waals surface area contributed by atoms with Gasteiger partial charge in [0.2, 0.25) is 0 Å². The first-order valence-electron chi connectivity index (χ1n) is 14.2. The van der Waals surface area contributed by atoms with Gasteiger partial charge in [-0.15, -0.1) is 0 Å². The predicted octanol–water partition coefficient (Wildman–Crippen LogP) is 5.12. The number of hydrogen-bond donors (Lipinski definition) is 2. The van der Waals surface area contributed by atoms with Gasteiger partial charge in [-0.05, 0) is 73.7 Å². The number of hydrogen-bond acceptors (Lipinski definition) is 6. The Labute approximate surface area is 235 Å². The van der Waals surface area contributed by atoms with Crippen LogP contribution in [-0.4, -0.2) is 67.4 Å². The van der Waals surface area contributed by atoms with Crippen LogP contribution in [0.5, 0.6) is 5.75 Å². The Morgan fingerprint density at radius 1 is 1.02 bits per heavy atom. The lowest BCUT2D eigenvalue weighted by molar-refractivity contribution is 0.0664. The number of carbonyl (C=O) groups is 1. The van der Waals surface area contributed by atoms with Gasteiger partial charge in [-0.25, -0.2) is 0 Å². The maximum absolute atomic E-state index is 13.9. The molecule has 0 unspecified atom stereocenters. The number of piperazine rings is 1. The van der Waals surface area contributed by atoms with Gasteiger partial charge in [-0.2, -0.15) is 5.10 Å². The van der Waals surface area contributed by atoms with E-state index in [-0.39, 0.29) is 5.91 Å². The molecule has 3 aromatic carbocycles. The fraction of sp³-hybridized carbons (Fsp3) is 0.375. The number of fused-ring (bicyclic) bond motifs is 1. The summed E-state index contributed by atoms with van der Waals surface area (Å²) in [5.74, 6) is 1.62. The molecule has 4 aromatic rings. The number of rotatable bonds is 8. The monoisotopic (exact) mass is 539 g/mol. The standard InChI is InChI=1S/C32H37N5O3/c1-36-13-15-37(16-14-36)26-8-7-25(19-23-11-17-39-18-12-23)28(20-26)32(38)33-31-29-21-27(9-10-30(29)34-35-31)40-22-24-5-3-2-4-6-24/h2-10,20-21,23H,11-19,22H2,1H3,(H2,33,34,35,38). The van der Waals surface area contributed by atoms with E-state index in [9.17, 15) is 4.79 Å². The number of nitrogens with zero attached hydrogens (tertiary/aromatic N) is 3. The van der Waals surface area contributed by atoms with Gasteiger partial charge in [0.25, 0.3) is 5.91 Å². The SMILES string of the molecule is CN1CCN(c2ccc(CC3CCOCC3)c(C(=O)Nc3n[nH]c4ccc(OCc5ccccc5)cc34)c2)CC1. The van der Waals surface area contributed by atoms with Crippen LogP contribution in [0.2, 0.25) is 0 Å². The highest BCUT2D eigenvalue weighted by molar-refractivity contribution is 6.09. The molecule has 208 valence electrons. The number of benzene rings is 3. The highest BCUT2D eigenvalue weighted by atomic mass is 16.5. The van der Waals surface area contributed by atoms with E-state index in [0.717, 1.165) is 97.7 Å². The molecular weight excluding hydrogens is 502 g/mol. The summed E-state index contributed by atoms with van der Waals surface area (Å²) in [6, 6.07) is 22.2. The molecule has 2 N–H and O–H groups in total. The van der Waals surface area contributed by atoms with Gasteiger partial charge in [-0.3, -0.25) is 9.89 Å². The van der Waals surface area contributed by atoms with E-state index in [1.807, 2.05) is 48.5 Å². The molecule has 0 aliphatic carbocycles. The van der Waals surface area contributed by atoms with Gasteiger partial charge in [0.1, 0.15) is 12.4 Å². The van der Waals surface area contributed by atoms with E-state index in [4.69, 9.17) is 9.47 Å². The quantitative estimate of drug-likeness (QED) is 0.324. The number of anilines is 2. The van der Waals surface area contributed by atoms with Crippen molar-refractivity contribution >= 4 is 28.3 Å². The molecule has 0 bridgehead atoms. The molecule has 40 heavy (non-hydrogen) atoms. The molecule has 2 fully saturated rings. The molecule has 6 rings (SSSR count). The lowest BCUT2D eigenvalue weighted by Crippen LogP contribution is -2.44. The van der Waals surface area contributed by atoms with Crippen molar-refractivity contribution < 1.29 is 14.3 Å². The van der Waals surface area contributed by atoms with Crippen LogP contribution >= 0.6 is 0 Å². The molecule has 0 radical (unpaired) electrons. The average Bonchev–Trinajstić information content (AvgIpc) is 3.39. The lowest BCUT2D eigenvalue weighted by Gasteiger charge is -2.34. The highest BCUT2D eigenvalue weighted by Gasteiger charge is 2.22. The second-order valence-electron chi connectivity index (χ2n) is 10.9. The molecule has 2 saturated heterocycles. The van der Waals surface area contributed by atoms with Gasteiger partial charge in [-0.1, -0.05) is 36.4 Å². The van der Waals surface area contributed by atoms with E-state index in [1.54, 1.807) is 0 Å². The molecule has 2 aliphatic rings. The summed E-state index contributed by atoms with van der Waals surface area (Å²) in [4.78, 5) is 18.6. The van der Waals surface area contributed by atoms with Crippen LogP contribution in [0.4, 0.5) is 11.5 Å². The van der Waals surface area contributed by atoms with Crippen LogP contribution in [0.15, 0.2) is 66.7 Å². The van der Waals surface area contributed by atoms with Crippen molar-refractivity contribution in [2.75, 3.05) is 56.7 Å². The lowest BCUT2D eigenvalue weighted by atomic mass is 9.89. The van der Waals surface area contributed by atoms with Crippen LogP contribution in [0.3, 0.4) is 0 Å². The number of carbonyl (C=O) groups excluding carboxylic acids is 1. The smallest absolute Gasteiger partial charge is 0.257 e. The maximum atomic E-state index is 13.9. The Hall–Kier alpha value is -3.88. The Kier molecular flexibility index (Phi) is 7.97. The predicted molar refractivity (Wildman–Crippen MR) is 158 cm³/mol. The number of aromatic amines is 1. The summed E-state index contributed by atoms with van der Waals surface area (Å²) in [7, 11) is 2.15. The largest absolute Gasteiger partial charge is 0.489 e. The first kappa shape index (κ1) is 26.3. The summed E-state index contributed by atoms with van der Waals surface area (Å²) < 4.78 is 11.6. The number of nitrogens with one attached hydrogen (secondary N) is 2. The fourth-order valence-electron chi connectivity index (χ4n) is 5.57. The number of aromatic nitrogens is 2. The van der Waals surface area contributed by atoms with Crippen molar-refractivity contribution in [3.05, 3.63) is 83.4 Å². The van der Waals surface area contributed by atoms with Crippen LogP contribution < -0.4 is 15.0 Å². The van der Waals surface area contributed by atoms with Crippen molar-refractivity contribution in [1.82, 2.24) is 15.1 Å². The Morgan fingerprint density at radius 3 is 2.62 bits per heavy atom. The fourth-order valence-corrected chi connectivity index (χ4v) is 5.57. The molecule has 3 heterocycles. The van der Waals surface area contributed by atoms with Crippen LogP contribution in [0.1, 0.15) is 34.3 Å². The zero-order valence-electron chi connectivity index (χ0n) is 23.1. The molecular formula is C32H37N5O3. The summed E-state index contributed by atoms with van der Waals surface area (Å²) in [6.07, 6.45) is 2.92. The summed E-state index contributed by atoms with van der Waals surface area (Å²) in [5, 5.41) is 11.4. The zero-order valence-corrected chi connectivity index (χ0v) is 23.1. The van der Waals surface area contributed by atoms with Crippen molar-refractivity contribution in [1.29, 1.82) is 0 Å². The molecule has 2 aliphatic heterocycles. The second kappa shape index (κ2) is 12.1. The molecule has 0 saturated carbocycles. The van der Waals surface area contributed by atoms with Gasteiger partial charge in [0.05, 0.1) is 5.52 Å². The normalized spacial score (nSPS) is 16.8. The Morgan fingerprint density at radius 2 is 1.82 bits per heavy atom. The van der Waals surface area contributed by atoms with E-state index in [0.29, 0.717) is 18.3 Å². The van der Waals surface area contributed by atoms with Gasteiger partial charge >= 0.3 is 0 Å². The third kappa shape index (κ3) is 6.13. The van der Waals surface area contributed by atoms with E-state index in [1.165, 1.54) is 0 Å². The second-order valence-corrected chi connectivity index (χ2v) is 10.9. The van der Waals surface area contributed by atoms with Crippen LogP contribution in [0.25, 0.3) is 10.9 Å². The molecule has 0 atom stereocenters. The van der Waals surface area contributed by atoms with Crippen molar-refractivity contribution in [2.24, 2.45) is 5.92 Å². The molecule has 8 nitrogen and oxygen atoms in total. The summed E-state index contributed by atoms with van der Waals surface area (Å²) in [6.45, 7) is 5.98. The minimum absolute atomic E-state index is 0.137. The van der Waals surface area contributed by atoms with E-state index in [2.05, 4.69) is 50.6 Å². The van der Waals surface area contributed by atoms with Crippen LogP contribution in [0, 0.1) is 5.92 Å². The Balaban J connectivity index is 1.24. The topological polar surface area (TPSA) is 82.7 Å². The molecule has 8 heteroatoms. The third-order valence-electron chi connectivity index (χ3n) is 8.07. The zero-order chi connectivity index (χ0) is 27.3. The van der Waals surface area contributed by atoms with Gasteiger partial charge in [0.15, 0.2) is 5.82 Å². The van der Waals surface area contributed by atoms with E-state index < -0.39 is 0 Å². The van der Waals surface area contributed by atoms with Gasteiger partial charge in [0, 0.05) is 56.0 Å². The van der Waals surface area contributed by atoms with E-state index >= 15 is 0 Å². The molecule has 0 spiro atoms. The van der Waals surface area contributed by atoms with Gasteiger partial charge < -0.3 is 24.6 Å². The minimum Gasteiger partial charge on any atom is -0.489 e. The van der Waals surface area contributed by atoms with Crippen LogP contribution in [-0.2, 0) is 17.8 Å². The first-order valence-corrected chi connectivity index (χ1v) is 14.2. The third-order valence-corrected chi connectivity index (χ3v) is 8.07. The Bertz CT molecular complexity index is 1440. The first-order chi connectivity index (χ1) is 19.6. The van der Waals surface area contributed by atoms with Crippen molar-refractivity contribution in [3.63, 3.8) is 0 Å². The molecule has 1 amide bonds. The van der Waals surface area contributed by atoms with Crippen molar-refractivity contribution in [2.45, 2.75) is 25.9 Å². The maximum Gasteiger partial charge on any atom is 0.257 e. The average molecular weight is 540 g/mol. The molecule has 1 aromatic heterocycles. The number of H-pyrrole nitrogens is 1. The minimum atomic E-state index is -0.137. The summed E-state index contributed by atoms with van der Waals surface area (Å²) in [5.41, 5.74) is 4.83. The van der Waals surface area contributed by atoms with Crippen molar-refractivity contribution in [3.8, 4) is 5.75 Å². The highest BCUT2D eigenvalue weighted by Crippen LogP contribution is 2.29. The number of ether oxygens (including phenoxy) is 2. The number of amides is 1. The number of likely N-dealkylation sites (N-methyl/N-ethyl adjacent to an activating group) is 1.